The van der Waals surface area contributed by atoms with Gasteiger partial charge in [-0.3, -0.25) is 4.79 Å². The molecular formula is C20H15F5N6O. The van der Waals surface area contributed by atoms with Crippen LogP contribution in [0.5, 0.6) is 0 Å². The van der Waals surface area contributed by atoms with Crippen molar-refractivity contribution in [2.75, 3.05) is 6.54 Å². The number of nitrogens with zero attached hydrogens (tertiary/aromatic N) is 6. The highest BCUT2D eigenvalue weighted by molar-refractivity contribution is 5.94. The van der Waals surface area contributed by atoms with Gasteiger partial charge in [-0.1, -0.05) is 0 Å². The maximum Gasteiger partial charge on any atom is 0.451 e. The quantitative estimate of drug-likeness (QED) is 0.563. The van der Waals surface area contributed by atoms with Crippen LogP contribution in [-0.4, -0.2) is 41.9 Å². The number of alkyl halides is 3. The van der Waals surface area contributed by atoms with Crippen molar-refractivity contribution in [3.63, 3.8) is 0 Å². The van der Waals surface area contributed by atoms with Crippen molar-refractivity contribution in [1.29, 1.82) is 0 Å². The molecule has 0 saturated heterocycles. The van der Waals surface area contributed by atoms with Gasteiger partial charge in [-0.25, -0.2) is 13.5 Å². The smallest absolute Gasteiger partial charge is 0.328 e. The SMILES string of the molecule is O=C(c1nn(-c2ccc(F)cc2F)c2c1C[C@H]1C[C@@H]21)N1CCn2c(nnc2C(F)(F)F)C1. The number of carbonyl (C=O) groups excluding carboxylic acids is 1. The molecule has 3 aliphatic rings. The van der Waals surface area contributed by atoms with E-state index in [1.54, 1.807) is 0 Å². The number of halogens is 5. The number of carbonyl (C=O) groups is 1. The number of benzene rings is 1. The highest BCUT2D eigenvalue weighted by Crippen LogP contribution is 2.57. The summed E-state index contributed by atoms with van der Waals surface area (Å²) in [6.45, 7) is -0.197. The number of hydrogen-bond acceptors (Lipinski definition) is 4. The number of fused-ring (bicyclic) bond motifs is 4. The average molecular weight is 450 g/mol. The summed E-state index contributed by atoms with van der Waals surface area (Å²) in [4.78, 5) is 14.7. The molecule has 1 amide bonds. The van der Waals surface area contributed by atoms with E-state index in [-0.39, 0.29) is 42.8 Å². The van der Waals surface area contributed by atoms with Crippen molar-refractivity contribution < 1.29 is 26.7 Å². The zero-order valence-electron chi connectivity index (χ0n) is 16.4. The first-order valence-electron chi connectivity index (χ1n) is 10.1. The molecule has 0 N–H and O–H groups in total. The molecule has 3 aromatic rings. The maximum atomic E-state index is 14.5. The highest BCUT2D eigenvalue weighted by atomic mass is 19.4. The minimum Gasteiger partial charge on any atom is -0.328 e. The minimum atomic E-state index is -4.63. The van der Waals surface area contributed by atoms with Crippen LogP contribution in [-0.2, 0) is 25.7 Å². The first-order valence-corrected chi connectivity index (χ1v) is 10.1. The van der Waals surface area contributed by atoms with E-state index in [1.807, 2.05) is 0 Å². The molecule has 32 heavy (non-hydrogen) atoms. The van der Waals surface area contributed by atoms with Crippen LogP contribution >= 0.6 is 0 Å². The Bertz CT molecular complexity index is 1280. The molecule has 1 saturated carbocycles. The number of rotatable bonds is 2. The minimum absolute atomic E-state index is 0.0341. The Balaban J connectivity index is 1.36. The number of aromatic nitrogens is 5. The summed E-state index contributed by atoms with van der Waals surface area (Å²) in [6, 6.07) is 3.17. The Morgan fingerprint density at radius 2 is 1.94 bits per heavy atom. The summed E-state index contributed by atoms with van der Waals surface area (Å²) in [5.74, 6) is -2.47. The molecule has 0 spiro atoms. The lowest BCUT2D eigenvalue weighted by Crippen LogP contribution is -2.39. The summed E-state index contributed by atoms with van der Waals surface area (Å²) in [7, 11) is 0. The Hall–Kier alpha value is -3.31. The molecule has 12 heteroatoms. The van der Waals surface area contributed by atoms with Gasteiger partial charge in [0.05, 0.1) is 12.2 Å². The van der Waals surface area contributed by atoms with Crippen LogP contribution in [0.15, 0.2) is 18.2 Å². The second kappa shape index (κ2) is 6.36. The molecule has 0 bridgehead atoms. The third-order valence-electron chi connectivity index (χ3n) is 6.40. The van der Waals surface area contributed by atoms with Gasteiger partial charge in [0.15, 0.2) is 17.3 Å². The topological polar surface area (TPSA) is 68.8 Å². The Labute approximate surface area is 177 Å². The summed E-state index contributed by atoms with van der Waals surface area (Å²) in [5, 5.41) is 11.2. The summed E-state index contributed by atoms with van der Waals surface area (Å²) >= 11 is 0. The zero-order valence-corrected chi connectivity index (χ0v) is 16.4. The molecule has 6 rings (SSSR count). The van der Waals surface area contributed by atoms with Crippen molar-refractivity contribution in [3.8, 4) is 5.69 Å². The molecule has 1 aliphatic heterocycles. The Kier molecular flexibility index (Phi) is 3.85. The molecule has 2 aromatic heterocycles. The normalized spacial score (nSPS) is 21.3. The van der Waals surface area contributed by atoms with Gasteiger partial charge in [-0.15, -0.1) is 10.2 Å². The van der Waals surface area contributed by atoms with Crippen LogP contribution in [0.4, 0.5) is 22.0 Å². The maximum absolute atomic E-state index is 14.5. The molecule has 7 nitrogen and oxygen atoms in total. The van der Waals surface area contributed by atoms with E-state index in [4.69, 9.17) is 0 Å². The number of hydrogen-bond donors (Lipinski definition) is 0. The summed E-state index contributed by atoms with van der Waals surface area (Å²) in [5.41, 5.74) is 1.69. The van der Waals surface area contributed by atoms with Gasteiger partial charge in [0.1, 0.15) is 11.5 Å². The molecule has 166 valence electrons. The largest absolute Gasteiger partial charge is 0.451 e. The molecule has 0 unspecified atom stereocenters. The lowest BCUT2D eigenvalue weighted by Gasteiger charge is -2.27. The number of amides is 1. The molecule has 3 heterocycles. The fourth-order valence-corrected chi connectivity index (χ4v) is 4.81. The van der Waals surface area contributed by atoms with Crippen molar-refractivity contribution in [1.82, 2.24) is 29.4 Å². The first kappa shape index (κ1) is 19.4. The second-order valence-corrected chi connectivity index (χ2v) is 8.34. The fourth-order valence-electron chi connectivity index (χ4n) is 4.81. The van der Waals surface area contributed by atoms with Gasteiger partial charge in [-0.2, -0.15) is 18.3 Å². The standard InChI is InChI=1S/C20H15F5N6O/c21-10-1-2-14(13(22)7-10)31-17-11-5-9(11)6-12(17)16(28-31)18(32)29-3-4-30-15(8-29)26-27-19(30)20(23,24)25/h1-2,7,9,11H,3-6,8H2/t9-,11-/m1/s1. The van der Waals surface area contributed by atoms with Crippen LogP contribution in [0.3, 0.4) is 0 Å². The van der Waals surface area contributed by atoms with Crippen LogP contribution in [0, 0.1) is 17.6 Å². The summed E-state index contributed by atoms with van der Waals surface area (Å²) < 4.78 is 69.4. The molecule has 2 aliphatic carbocycles. The third kappa shape index (κ3) is 2.77. The summed E-state index contributed by atoms with van der Waals surface area (Å²) in [6.07, 6.45) is -3.08. The predicted octanol–water partition coefficient (Wildman–Crippen LogP) is 3.08. The lowest BCUT2D eigenvalue weighted by atomic mass is 10.1. The molecular weight excluding hydrogens is 435 g/mol. The molecule has 1 fully saturated rings. The Morgan fingerprint density at radius 1 is 1.12 bits per heavy atom. The van der Waals surface area contributed by atoms with Gasteiger partial charge in [0, 0.05) is 30.6 Å². The van der Waals surface area contributed by atoms with Crippen LogP contribution in [0.2, 0.25) is 0 Å². The van der Waals surface area contributed by atoms with Crippen molar-refractivity contribution in [2.24, 2.45) is 5.92 Å². The van der Waals surface area contributed by atoms with Gasteiger partial charge in [0.25, 0.3) is 5.91 Å². The van der Waals surface area contributed by atoms with E-state index in [0.29, 0.717) is 12.3 Å². The van der Waals surface area contributed by atoms with Crippen molar-refractivity contribution in [3.05, 3.63) is 58.4 Å². The first-order chi connectivity index (χ1) is 15.2. The highest BCUT2D eigenvalue weighted by Gasteiger charge is 2.51. The zero-order chi connectivity index (χ0) is 22.4. The van der Waals surface area contributed by atoms with E-state index in [9.17, 15) is 26.7 Å². The Morgan fingerprint density at radius 3 is 2.69 bits per heavy atom. The van der Waals surface area contributed by atoms with E-state index in [2.05, 4.69) is 15.3 Å². The second-order valence-electron chi connectivity index (χ2n) is 8.34. The van der Waals surface area contributed by atoms with E-state index in [1.165, 1.54) is 15.6 Å². The van der Waals surface area contributed by atoms with Crippen molar-refractivity contribution in [2.45, 2.75) is 38.0 Å². The van der Waals surface area contributed by atoms with Crippen LogP contribution in [0.25, 0.3) is 5.69 Å². The van der Waals surface area contributed by atoms with E-state index >= 15 is 0 Å². The van der Waals surface area contributed by atoms with Gasteiger partial charge in [0.2, 0.25) is 5.82 Å². The van der Waals surface area contributed by atoms with Gasteiger partial charge >= 0.3 is 6.18 Å². The predicted molar refractivity (Wildman–Crippen MR) is 97.8 cm³/mol. The van der Waals surface area contributed by atoms with Gasteiger partial charge in [-0.05, 0) is 30.9 Å². The van der Waals surface area contributed by atoms with Crippen LogP contribution < -0.4 is 0 Å². The molecule has 0 radical (unpaired) electrons. The molecule has 1 aromatic carbocycles. The van der Waals surface area contributed by atoms with Crippen LogP contribution in [0.1, 0.15) is 45.7 Å². The fraction of sp³-hybridized carbons (Fsp3) is 0.400. The molecule has 2 atom stereocenters. The monoisotopic (exact) mass is 450 g/mol. The lowest BCUT2D eigenvalue weighted by molar-refractivity contribution is -0.147. The van der Waals surface area contributed by atoms with Gasteiger partial charge < -0.3 is 9.47 Å². The third-order valence-corrected chi connectivity index (χ3v) is 6.40. The van der Waals surface area contributed by atoms with E-state index < -0.39 is 29.5 Å². The van der Waals surface area contributed by atoms with E-state index in [0.717, 1.165) is 34.4 Å². The average Bonchev–Trinajstić information content (AvgIpc) is 3.09. The van der Waals surface area contributed by atoms with Crippen molar-refractivity contribution >= 4 is 5.91 Å².